The fraction of sp³-hybridized carbons (Fsp3) is 0.673. The maximum Gasteiger partial charge on any atom is 0.326 e. The number of unbranched alkanes of at least 4 members (excludes halogenated alkanes) is 2. The van der Waals surface area contributed by atoms with Crippen molar-refractivity contribution in [3.8, 4) is 0 Å². The van der Waals surface area contributed by atoms with Gasteiger partial charge in [0.1, 0.15) is 17.6 Å². The largest absolute Gasteiger partial charge is 0.480 e. The average Bonchev–Trinajstić information content (AvgIpc) is 3.90. The summed E-state index contributed by atoms with van der Waals surface area (Å²) >= 11 is 0. The normalized spacial score (nSPS) is 19.5. The van der Waals surface area contributed by atoms with Crippen LogP contribution in [0.1, 0.15) is 117 Å². The first-order valence-electron chi connectivity index (χ1n) is 23.7. The van der Waals surface area contributed by atoms with E-state index in [2.05, 4.69) is 16.0 Å². The van der Waals surface area contributed by atoms with Gasteiger partial charge in [0, 0.05) is 59.4 Å². The maximum absolute atomic E-state index is 14.6. The van der Waals surface area contributed by atoms with Crippen molar-refractivity contribution in [2.45, 2.75) is 160 Å². The van der Waals surface area contributed by atoms with E-state index in [-0.39, 0.29) is 67.2 Å². The Morgan fingerprint density at radius 3 is 2.11 bits per heavy atom. The first-order chi connectivity index (χ1) is 31.3. The third-order valence-corrected chi connectivity index (χ3v) is 13.5. The molecule has 1 aromatic rings. The second-order valence-electron chi connectivity index (χ2n) is 19.0. The van der Waals surface area contributed by atoms with Crippen LogP contribution >= 0.6 is 0 Å². The summed E-state index contributed by atoms with van der Waals surface area (Å²) in [5.41, 5.74) is -0.596. The summed E-state index contributed by atoms with van der Waals surface area (Å²) in [6, 6.07) is 5.95. The number of carbonyl (C=O) groups excluding carboxylic acids is 7. The van der Waals surface area contributed by atoms with Crippen LogP contribution in [0.2, 0.25) is 0 Å². The predicted molar refractivity (Wildman–Crippen MR) is 246 cm³/mol. The highest BCUT2D eigenvalue weighted by Gasteiger charge is 2.45. The van der Waals surface area contributed by atoms with Gasteiger partial charge in [-0.1, -0.05) is 76.8 Å². The number of likely N-dealkylation sites (N-methyl/N-ethyl adjacent to an activating group) is 1. The van der Waals surface area contributed by atoms with Gasteiger partial charge in [0.15, 0.2) is 0 Å². The maximum atomic E-state index is 14.6. The number of carboxylic acids is 1. The van der Waals surface area contributed by atoms with E-state index in [4.69, 9.17) is 9.47 Å². The molecule has 1 aliphatic carbocycles. The van der Waals surface area contributed by atoms with Crippen LogP contribution in [-0.2, 0) is 54.3 Å². The van der Waals surface area contributed by atoms with Crippen LogP contribution in [0.4, 0.5) is 0 Å². The highest BCUT2D eigenvalue weighted by Crippen LogP contribution is 2.34. The van der Waals surface area contributed by atoms with Crippen molar-refractivity contribution in [2.24, 2.45) is 17.8 Å². The molecule has 1 aromatic carbocycles. The molecule has 2 fully saturated rings. The molecule has 0 bridgehead atoms. The molecular weight excluding hydrogens is 849 g/mol. The number of aliphatic carboxylic acids is 1. The number of ether oxygens (including phenoxy) is 2. The smallest absolute Gasteiger partial charge is 0.326 e. The monoisotopic (exact) mass is 923 g/mol. The fourth-order valence-corrected chi connectivity index (χ4v) is 9.67. The van der Waals surface area contributed by atoms with Crippen LogP contribution in [0, 0.1) is 17.8 Å². The lowest BCUT2D eigenvalue weighted by Gasteiger charge is -2.43. The minimum atomic E-state index is -1.36. The summed E-state index contributed by atoms with van der Waals surface area (Å²) in [7, 11) is 4.71. The van der Waals surface area contributed by atoms with Crippen molar-refractivity contribution in [1.29, 1.82) is 0 Å². The molecule has 0 radical (unpaired) electrons. The summed E-state index contributed by atoms with van der Waals surface area (Å²) < 4.78 is 12.0. The van der Waals surface area contributed by atoms with Crippen molar-refractivity contribution in [3.05, 3.63) is 48.0 Å². The molecule has 7 unspecified atom stereocenters. The number of nitrogens with one attached hydrogen (secondary N) is 3. The lowest BCUT2D eigenvalue weighted by Crippen LogP contribution is -2.62. The van der Waals surface area contributed by atoms with Crippen LogP contribution in [-0.4, -0.2) is 143 Å². The third kappa shape index (κ3) is 14.4. The number of carbonyl (C=O) groups is 8. The lowest BCUT2D eigenvalue weighted by molar-refractivity contribution is -0.149. The SMILES string of the molecule is COC(CC(=O)N1CCCC1C(OC)C(C)C(=O)NC(Cc1ccccc1)C(=O)O)C(C1CCCCC1)N(C)C(=O)C(NC(=O)C(C)(C)NC(=O)CCCCCN1C(=O)C=CC1=O)C(C)C. The molecule has 4 rings (SSSR count). The zero-order valence-corrected chi connectivity index (χ0v) is 40.2. The number of methoxy groups -OCH3 is 2. The van der Waals surface area contributed by atoms with E-state index in [1.54, 1.807) is 49.8 Å². The quantitative estimate of drug-likeness (QED) is 0.0817. The Labute approximate surface area is 390 Å². The first kappa shape index (κ1) is 53.5. The van der Waals surface area contributed by atoms with Crippen LogP contribution in [0.3, 0.4) is 0 Å². The molecule has 1 saturated heterocycles. The number of nitrogens with zero attached hydrogens (tertiary/aromatic N) is 3. The van der Waals surface area contributed by atoms with Gasteiger partial charge < -0.3 is 40.3 Å². The van der Waals surface area contributed by atoms with E-state index in [0.29, 0.717) is 38.6 Å². The second kappa shape index (κ2) is 25.1. The van der Waals surface area contributed by atoms with Gasteiger partial charge >= 0.3 is 5.97 Å². The summed E-state index contributed by atoms with van der Waals surface area (Å²) in [6.07, 6.45) is 8.73. The Morgan fingerprint density at radius 2 is 1.52 bits per heavy atom. The molecule has 0 aromatic heterocycles. The van der Waals surface area contributed by atoms with E-state index in [0.717, 1.165) is 42.6 Å². The van der Waals surface area contributed by atoms with Gasteiger partial charge in [-0.3, -0.25) is 38.5 Å². The summed E-state index contributed by atoms with van der Waals surface area (Å²) in [5, 5.41) is 18.3. The van der Waals surface area contributed by atoms with Gasteiger partial charge in [0.05, 0.1) is 36.6 Å². The van der Waals surface area contributed by atoms with Crippen molar-refractivity contribution < 1.29 is 52.9 Å². The highest BCUT2D eigenvalue weighted by atomic mass is 16.5. The topological polar surface area (TPSA) is 221 Å². The van der Waals surface area contributed by atoms with E-state index in [9.17, 15) is 43.5 Å². The van der Waals surface area contributed by atoms with E-state index < -0.39 is 65.6 Å². The van der Waals surface area contributed by atoms with Crippen molar-refractivity contribution >= 4 is 47.3 Å². The Bertz CT molecular complexity index is 1870. The molecule has 66 heavy (non-hydrogen) atoms. The first-order valence-corrected chi connectivity index (χ1v) is 23.7. The standard InChI is InChI=1S/C49H74N6O11/c1-31(2)42(51-48(64)49(4,5)52-38(56)24-16-11-17-27-55-39(57)25-26-40(55)58)46(61)53(6)43(34-21-14-10-15-22-34)37(65-7)30-41(59)54-28-18-23-36(54)44(66-8)32(3)45(60)50-35(47(62)63)29-33-19-12-9-13-20-33/h9,12-13,19-20,25-26,31-32,34-37,42-44H,10-11,14-18,21-24,27-30H2,1-8H3,(H,50,60)(H,51,64)(H,52,56)(H,62,63). The van der Waals surface area contributed by atoms with Crippen LogP contribution in [0.15, 0.2) is 42.5 Å². The molecule has 0 spiro atoms. The Balaban J connectivity index is 1.42. The molecule has 2 aliphatic heterocycles. The van der Waals surface area contributed by atoms with Crippen LogP contribution in [0.25, 0.3) is 0 Å². The molecule has 17 heteroatoms. The number of benzene rings is 1. The second-order valence-corrected chi connectivity index (χ2v) is 19.0. The summed E-state index contributed by atoms with van der Waals surface area (Å²) in [5.74, 6) is -4.90. The molecule has 7 atom stereocenters. The molecule has 4 N–H and O–H groups in total. The molecule has 17 nitrogen and oxygen atoms in total. The minimum Gasteiger partial charge on any atom is -0.480 e. The Morgan fingerprint density at radius 1 is 0.864 bits per heavy atom. The molecule has 366 valence electrons. The van der Waals surface area contributed by atoms with E-state index >= 15 is 0 Å². The Hall–Kier alpha value is -5.16. The van der Waals surface area contributed by atoms with Gasteiger partial charge in [-0.05, 0) is 69.8 Å². The number of carboxylic acid groups (broad SMARTS) is 1. The van der Waals surface area contributed by atoms with Crippen molar-refractivity contribution in [3.63, 3.8) is 0 Å². The predicted octanol–water partition coefficient (Wildman–Crippen LogP) is 3.77. The number of rotatable bonds is 25. The lowest BCUT2D eigenvalue weighted by atomic mass is 9.80. The van der Waals surface area contributed by atoms with Crippen molar-refractivity contribution in [2.75, 3.05) is 34.4 Å². The van der Waals surface area contributed by atoms with Gasteiger partial charge in [-0.15, -0.1) is 0 Å². The number of amides is 7. The third-order valence-electron chi connectivity index (χ3n) is 13.5. The molecular formula is C49H74N6O11. The van der Waals surface area contributed by atoms with E-state index in [1.807, 2.05) is 32.0 Å². The van der Waals surface area contributed by atoms with Gasteiger partial charge in [-0.25, -0.2) is 4.79 Å². The van der Waals surface area contributed by atoms with Crippen LogP contribution < -0.4 is 16.0 Å². The Kier molecular flexibility index (Phi) is 20.3. The van der Waals surface area contributed by atoms with E-state index in [1.165, 1.54) is 26.4 Å². The van der Waals surface area contributed by atoms with Gasteiger partial charge in [-0.2, -0.15) is 0 Å². The highest BCUT2D eigenvalue weighted by molar-refractivity contribution is 6.12. The van der Waals surface area contributed by atoms with Crippen molar-refractivity contribution in [1.82, 2.24) is 30.7 Å². The molecule has 3 aliphatic rings. The van der Waals surface area contributed by atoms with Gasteiger partial charge in [0.25, 0.3) is 11.8 Å². The molecule has 7 amide bonds. The number of likely N-dealkylation sites (tertiary alicyclic amines) is 1. The average molecular weight is 923 g/mol. The fourth-order valence-electron chi connectivity index (χ4n) is 9.67. The number of hydrogen-bond acceptors (Lipinski definition) is 10. The van der Waals surface area contributed by atoms with Gasteiger partial charge in [0.2, 0.25) is 29.5 Å². The summed E-state index contributed by atoms with van der Waals surface area (Å²) in [4.78, 5) is 110. The number of imide groups is 1. The van der Waals surface area contributed by atoms with Crippen LogP contribution in [0.5, 0.6) is 0 Å². The summed E-state index contributed by atoms with van der Waals surface area (Å²) in [6.45, 7) is 9.19. The molecule has 2 heterocycles. The molecule has 1 saturated carbocycles. The zero-order valence-electron chi connectivity index (χ0n) is 40.2. The number of hydrogen-bond donors (Lipinski definition) is 4. The minimum absolute atomic E-state index is 0.0144. The zero-order chi connectivity index (χ0) is 48.7.